The lowest BCUT2D eigenvalue weighted by Gasteiger charge is -2.04. The molecule has 0 fully saturated rings. The molecule has 0 heterocycles. The number of hydrogen-bond donors (Lipinski definition) is 1. The van der Waals surface area contributed by atoms with E-state index in [0.717, 1.165) is 6.42 Å². The van der Waals surface area contributed by atoms with E-state index in [1.807, 2.05) is 0 Å². The molecule has 0 aromatic heterocycles. The summed E-state index contributed by atoms with van der Waals surface area (Å²) in [6.07, 6.45) is 8.72. The second-order valence-electron chi connectivity index (χ2n) is 3.34. The zero-order valence-electron chi connectivity index (χ0n) is 8.06. The number of unbranched alkanes of at least 4 members (excludes halogenated alkanes) is 5. The van der Waals surface area contributed by atoms with Crippen molar-refractivity contribution in [3.63, 3.8) is 0 Å². The molecule has 0 aromatic rings. The van der Waals surface area contributed by atoms with Crippen molar-refractivity contribution in [2.45, 2.75) is 57.2 Å². The first-order valence-electron chi connectivity index (χ1n) is 5.06. The SMILES string of the molecule is CCCCCCCC[C@H](Cl)CO. The molecule has 12 heavy (non-hydrogen) atoms. The van der Waals surface area contributed by atoms with Crippen LogP contribution in [0.5, 0.6) is 0 Å². The van der Waals surface area contributed by atoms with Gasteiger partial charge < -0.3 is 5.11 Å². The molecule has 0 rings (SSSR count). The predicted octanol–water partition coefficient (Wildman–Crippen LogP) is 3.34. The molecular weight excluding hydrogens is 172 g/mol. The Morgan fingerprint density at radius 2 is 1.67 bits per heavy atom. The Kier molecular flexibility index (Phi) is 9.53. The number of hydrogen-bond acceptors (Lipinski definition) is 1. The van der Waals surface area contributed by atoms with E-state index in [1.54, 1.807) is 0 Å². The Hall–Kier alpha value is 0.250. The van der Waals surface area contributed by atoms with E-state index in [0.29, 0.717) is 0 Å². The summed E-state index contributed by atoms with van der Waals surface area (Å²) >= 11 is 5.76. The third-order valence-corrected chi connectivity index (χ3v) is 2.43. The molecule has 0 amide bonds. The maximum atomic E-state index is 8.64. The summed E-state index contributed by atoms with van der Waals surface area (Å²) in [4.78, 5) is 0. The lowest BCUT2D eigenvalue weighted by Crippen LogP contribution is -2.03. The topological polar surface area (TPSA) is 20.2 Å². The molecule has 0 bridgehead atoms. The van der Waals surface area contributed by atoms with Crippen LogP contribution in [0.1, 0.15) is 51.9 Å². The van der Waals surface area contributed by atoms with Crippen molar-refractivity contribution < 1.29 is 5.11 Å². The van der Waals surface area contributed by atoms with Gasteiger partial charge in [0.15, 0.2) is 0 Å². The Bertz CT molecular complexity index is 85.9. The van der Waals surface area contributed by atoms with Crippen molar-refractivity contribution >= 4 is 11.6 Å². The molecule has 2 heteroatoms. The summed E-state index contributed by atoms with van der Waals surface area (Å²) in [6.45, 7) is 2.34. The molecular formula is C10H21ClO. The van der Waals surface area contributed by atoms with Gasteiger partial charge in [-0.15, -0.1) is 11.6 Å². The molecule has 0 aromatic carbocycles. The normalized spacial score (nSPS) is 13.2. The minimum absolute atomic E-state index is 0.0174. The molecule has 1 N–H and O–H groups in total. The molecule has 0 radical (unpaired) electrons. The van der Waals surface area contributed by atoms with Crippen LogP contribution in [0.2, 0.25) is 0 Å². The first-order chi connectivity index (χ1) is 5.81. The predicted molar refractivity (Wildman–Crippen MR) is 54.7 cm³/mol. The highest BCUT2D eigenvalue weighted by Crippen LogP contribution is 2.10. The van der Waals surface area contributed by atoms with Gasteiger partial charge in [0.2, 0.25) is 0 Å². The molecule has 1 atom stereocenters. The maximum absolute atomic E-state index is 8.64. The molecule has 0 saturated heterocycles. The van der Waals surface area contributed by atoms with Crippen molar-refractivity contribution in [2.24, 2.45) is 0 Å². The second-order valence-corrected chi connectivity index (χ2v) is 3.95. The van der Waals surface area contributed by atoms with E-state index < -0.39 is 0 Å². The Labute approximate surface area is 81.1 Å². The standard InChI is InChI=1S/C10H21ClO/c1-2-3-4-5-6-7-8-10(11)9-12/h10,12H,2-9H2,1H3/t10-/m0/s1. The number of halogens is 1. The quantitative estimate of drug-likeness (QED) is 0.462. The van der Waals surface area contributed by atoms with Gasteiger partial charge in [-0.3, -0.25) is 0 Å². The van der Waals surface area contributed by atoms with Crippen LogP contribution in [0.3, 0.4) is 0 Å². The van der Waals surface area contributed by atoms with Crippen molar-refractivity contribution in [1.82, 2.24) is 0 Å². The number of aliphatic hydroxyl groups excluding tert-OH is 1. The van der Waals surface area contributed by atoms with Crippen LogP contribution in [-0.2, 0) is 0 Å². The number of alkyl halides is 1. The van der Waals surface area contributed by atoms with Crippen LogP contribution < -0.4 is 0 Å². The van der Waals surface area contributed by atoms with Crippen LogP contribution >= 0.6 is 11.6 Å². The van der Waals surface area contributed by atoms with Gasteiger partial charge in [0.05, 0.1) is 12.0 Å². The molecule has 0 spiro atoms. The van der Waals surface area contributed by atoms with E-state index in [4.69, 9.17) is 16.7 Å². The van der Waals surface area contributed by atoms with Gasteiger partial charge in [0.1, 0.15) is 0 Å². The molecule has 0 saturated carbocycles. The smallest absolute Gasteiger partial charge is 0.0595 e. The van der Waals surface area contributed by atoms with Crippen LogP contribution in [0.15, 0.2) is 0 Å². The third-order valence-electron chi connectivity index (χ3n) is 2.07. The minimum Gasteiger partial charge on any atom is -0.395 e. The second kappa shape index (κ2) is 9.34. The highest BCUT2D eigenvalue weighted by atomic mass is 35.5. The summed E-state index contributed by atoms with van der Waals surface area (Å²) in [6, 6.07) is 0. The highest BCUT2D eigenvalue weighted by Gasteiger charge is 2.00. The van der Waals surface area contributed by atoms with Crippen molar-refractivity contribution in [1.29, 1.82) is 0 Å². The van der Waals surface area contributed by atoms with Gasteiger partial charge in [0.25, 0.3) is 0 Å². The van der Waals surface area contributed by atoms with Gasteiger partial charge in [-0.2, -0.15) is 0 Å². The summed E-state index contributed by atoms with van der Waals surface area (Å²) < 4.78 is 0. The summed E-state index contributed by atoms with van der Waals surface area (Å²) in [5.74, 6) is 0. The maximum Gasteiger partial charge on any atom is 0.0595 e. The van der Waals surface area contributed by atoms with Gasteiger partial charge in [-0.25, -0.2) is 0 Å². The first kappa shape index (κ1) is 12.2. The van der Waals surface area contributed by atoms with Gasteiger partial charge in [-0.05, 0) is 6.42 Å². The average Bonchev–Trinajstić information content (AvgIpc) is 2.10. The fourth-order valence-corrected chi connectivity index (χ4v) is 1.39. The fraction of sp³-hybridized carbons (Fsp3) is 1.00. The van der Waals surface area contributed by atoms with E-state index in [2.05, 4.69) is 6.92 Å². The molecule has 0 aliphatic rings. The first-order valence-corrected chi connectivity index (χ1v) is 5.49. The van der Waals surface area contributed by atoms with Gasteiger partial charge >= 0.3 is 0 Å². The van der Waals surface area contributed by atoms with E-state index in [1.165, 1.54) is 38.5 Å². The third kappa shape index (κ3) is 8.35. The minimum atomic E-state index is -0.0174. The summed E-state index contributed by atoms with van der Waals surface area (Å²) in [5, 5.41) is 8.63. The number of rotatable bonds is 8. The van der Waals surface area contributed by atoms with Crippen molar-refractivity contribution in [3.8, 4) is 0 Å². The largest absolute Gasteiger partial charge is 0.395 e. The lowest BCUT2D eigenvalue weighted by molar-refractivity contribution is 0.286. The highest BCUT2D eigenvalue weighted by molar-refractivity contribution is 6.20. The summed E-state index contributed by atoms with van der Waals surface area (Å²) in [5.41, 5.74) is 0. The molecule has 74 valence electrons. The van der Waals surface area contributed by atoms with Crippen LogP contribution in [-0.4, -0.2) is 17.1 Å². The van der Waals surface area contributed by atoms with Gasteiger partial charge in [-0.1, -0.05) is 45.4 Å². The van der Waals surface area contributed by atoms with Crippen LogP contribution in [0, 0.1) is 0 Å². The lowest BCUT2D eigenvalue weighted by atomic mass is 10.1. The van der Waals surface area contributed by atoms with Crippen molar-refractivity contribution in [3.05, 3.63) is 0 Å². The van der Waals surface area contributed by atoms with Crippen LogP contribution in [0.25, 0.3) is 0 Å². The zero-order chi connectivity index (χ0) is 9.23. The number of aliphatic hydroxyl groups is 1. The summed E-state index contributed by atoms with van der Waals surface area (Å²) in [7, 11) is 0. The molecule has 0 aliphatic heterocycles. The monoisotopic (exact) mass is 192 g/mol. The van der Waals surface area contributed by atoms with E-state index in [9.17, 15) is 0 Å². The Balaban J connectivity index is 2.90. The molecule has 0 aliphatic carbocycles. The fourth-order valence-electron chi connectivity index (χ4n) is 1.24. The van der Waals surface area contributed by atoms with Crippen molar-refractivity contribution in [2.75, 3.05) is 6.61 Å². The Morgan fingerprint density at radius 1 is 1.08 bits per heavy atom. The molecule has 0 unspecified atom stereocenters. The van der Waals surface area contributed by atoms with Crippen LogP contribution in [0.4, 0.5) is 0 Å². The average molecular weight is 193 g/mol. The zero-order valence-corrected chi connectivity index (χ0v) is 8.82. The van der Waals surface area contributed by atoms with E-state index in [-0.39, 0.29) is 12.0 Å². The Morgan fingerprint density at radius 3 is 2.25 bits per heavy atom. The van der Waals surface area contributed by atoms with Gasteiger partial charge in [0, 0.05) is 0 Å². The van der Waals surface area contributed by atoms with E-state index >= 15 is 0 Å². The molecule has 1 nitrogen and oxygen atoms in total.